The predicted molar refractivity (Wildman–Crippen MR) is 70.6 cm³/mol. The van der Waals surface area contributed by atoms with Crippen molar-refractivity contribution in [2.45, 2.75) is 47.1 Å². The monoisotopic (exact) mass is 253 g/mol. The first-order valence-corrected chi connectivity index (χ1v) is 6.24. The Morgan fingerprint density at radius 1 is 1.50 bits per heavy atom. The third-order valence-corrected chi connectivity index (χ3v) is 2.82. The molecule has 1 amide bonds. The number of carbonyl (C=O) groups is 1. The molecular formula is C14H23NO3. The second-order valence-electron chi connectivity index (χ2n) is 5.77. The highest BCUT2D eigenvalue weighted by Gasteiger charge is 2.22. The van der Waals surface area contributed by atoms with Crippen molar-refractivity contribution in [1.29, 1.82) is 0 Å². The number of furan rings is 1. The number of aliphatic hydroxyl groups is 1. The van der Waals surface area contributed by atoms with Crippen molar-refractivity contribution in [3.63, 3.8) is 0 Å². The Balaban J connectivity index is 2.59. The second kappa shape index (κ2) is 5.57. The minimum Gasteiger partial charge on any atom is -0.456 e. The summed E-state index contributed by atoms with van der Waals surface area (Å²) in [6.45, 7) is 9.97. The molecule has 0 aliphatic heterocycles. The van der Waals surface area contributed by atoms with E-state index in [1.807, 2.05) is 33.8 Å². The largest absolute Gasteiger partial charge is 0.456 e. The number of aryl methyl sites for hydroxylation is 2. The van der Waals surface area contributed by atoms with Gasteiger partial charge in [0, 0.05) is 12.1 Å². The summed E-state index contributed by atoms with van der Waals surface area (Å²) >= 11 is 0. The minimum absolute atomic E-state index is 0.140. The molecular weight excluding hydrogens is 230 g/mol. The van der Waals surface area contributed by atoms with Crippen molar-refractivity contribution in [2.75, 3.05) is 6.54 Å². The maximum absolute atomic E-state index is 11.9. The Hall–Kier alpha value is -1.29. The molecule has 0 radical (unpaired) electrons. The number of aliphatic hydroxyl groups excluding tert-OH is 1. The van der Waals surface area contributed by atoms with Gasteiger partial charge < -0.3 is 14.8 Å². The molecule has 4 nitrogen and oxygen atoms in total. The van der Waals surface area contributed by atoms with Crippen LogP contribution in [-0.2, 0) is 0 Å². The average molecular weight is 253 g/mol. The van der Waals surface area contributed by atoms with E-state index >= 15 is 0 Å². The van der Waals surface area contributed by atoms with Gasteiger partial charge in [-0.05, 0) is 38.7 Å². The van der Waals surface area contributed by atoms with Crippen LogP contribution in [0.1, 0.15) is 49.1 Å². The van der Waals surface area contributed by atoms with E-state index in [1.54, 1.807) is 6.92 Å². The first-order chi connectivity index (χ1) is 8.21. The van der Waals surface area contributed by atoms with Crippen LogP contribution in [-0.4, -0.2) is 23.7 Å². The van der Waals surface area contributed by atoms with Gasteiger partial charge in [-0.15, -0.1) is 0 Å². The number of hydrogen-bond donors (Lipinski definition) is 2. The fraction of sp³-hybridized carbons (Fsp3) is 0.643. The summed E-state index contributed by atoms with van der Waals surface area (Å²) < 4.78 is 5.36. The molecule has 0 aliphatic carbocycles. The van der Waals surface area contributed by atoms with Gasteiger partial charge in [0.15, 0.2) is 5.76 Å². The lowest BCUT2D eigenvalue weighted by molar-refractivity contribution is 0.0874. The van der Waals surface area contributed by atoms with Gasteiger partial charge in [-0.2, -0.15) is 0 Å². The molecule has 18 heavy (non-hydrogen) atoms. The smallest absolute Gasteiger partial charge is 0.287 e. The third-order valence-electron chi connectivity index (χ3n) is 2.82. The zero-order chi connectivity index (χ0) is 13.9. The van der Waals surface area contributed by atoms with Crippen LogP contribution in [0.5, 0.6) is 0 Å². The molecule has 102 valence electrons. The SMILES string of the molecule is Cc1cc(C)c(C(=O)NCC(C)(C)CC(C)O)o1. The maximum Gasteiger partial charge on any atom is 0.287 e. The third kappa shape index (κ3) is 4.18. The highest BCUT2D eigenvalue weighted by molar-refractivity contribution is 5.92. The van der Waals surface area contributed by atoms with Crippen molar-refractivity contribution in [2.24, 2.45) is 5.41 Å². The lowest BCUT2D eigenvalue weighted by Crippen LogP contribution is -2.35. The number of amides is 1. The molecule has 1 unspecified atom stereocenters. The van der Waals surface area contributed by atoms with Gasteiger partial charge in [0.05, 0.1) is 6.10 Å². The molecule has 0 bridgehead atoms. The molecule has 0 aromatic carbocycles. The molecule has 0 saturated carbocycles. The summed E-state index contributed by atoms with van der Waals surface area (Å²) in [4.78, 5) is 11.9. The van der Waals surface area contributed by atoms with Crippen LogP contribution >= 0.6 is 0 Å². The van der Waals surface area contributed by atoms with Gasteiger partial charge in [0.2, 0.25) is 0 Å². The van der Waals surface area contributed by atoms with Gasteiger partial charge in [-0.25, -0.2) is 0 Å². The Morgan fingerprint density at radius 2 is 2.11 bits per heavy atom. The van der Waals surface area contributed by atoms with E-state index in [9.17, 15) is 9.90 Å². The fourth-order valence-corrected chi connectivity index (χ4v) is 2.14. The van der Waals surface area contributed by atoms with E-state index in [2.05, 4.69) is 5.32 Å². The number of carbonyl (C=O) groups excluding carboxylic acids is 1. The van der Waals surface area contributed by atoms with E-state index in [0.717, 1.165) is 11.3 Å². The molecule has 1 rings (SSSR count). The Morgan fingerprint density at radius 3 is 2.56 bits per heavy atom. The maximum atomic E-state index is 11.9. The molecule has 2 N–H and O–H groups in total. The van der Waals surface area contributed by atoms with E-state index in [4.69, 9.17) is 4.42 Å². The van der Waals surface area contributed by atoms with E-state index < -0.39 is 0 Å². The van der Waals surface area contributed by atoms with Crippen molar-refractivity contribution in [1.82, 2.24) is 5.32 Å². The molecule has 0 saturated heterocycles. The van der Waals surface area contributed by atoms with Crippen LogP contribution in [0, 0.1) is 19.3 Å². The number of rotatable bonds is 5. The predicted octanol–water partition coefficient (Wildman–Crippen LogP) is 2.42. The zero-order valence-electron chi connectivity index (χ0n) is 11.8. The van der Waals surface area contributed by atoms with Gasteiger partial charge in [0.1, 0.15) is 5.76 Å². The van der Waals surface area contributed by atoms with Crippen molar-refractivity contribution in [3.8, 4) is 0 Å². The van der Waals surface area contributed by atoms with Crippen molar-refractivity contribution in [3.05, 3.63) is 23.2 Å². The van der Waals surface area contributed by atoms with E-state index in [0.29, 0.717) is 18.7 Å². The van der Waals surface area contributed by atoms with Crippen LogP contribution in [0.2, 0.25) is 0 Å². The topological polar surface area (TPSA) is 62.5 Å². The second-order valence-corrected chi connectivity index (χ2v) is 5.77. The Labute approximate surface area is 108 Å². The molecule has 1 aromatic heterocycles. The van der Waals surface area contributed by atoms with Gasteiger partial charge in [-0.1, -0.05) is 13.8 Å². The summed E-state index contributed by atoms with van der Waals surface area (Å²) in [5.74, 6) is 0.917. The number of nitrogens with one attached hydrogen (secondary N) is 1. The molecule has 1 atom stereocenters. The van der Waals surface area contributed by atoms with Gasteiger partial charge >= 0.3 is 0 Å². The molecule has 1 aromatic rings. The van der Waals surface area contributed by atoms with Crippen LogP contribution < -0.4 is 5.32 Å². The molecule has 1 heterocycles. The summed E-state index contributed by atoms with van der Waals surface area (Å²) in [7, 11) is 0. The molecule has 4 heteroatoms. The number of hydrogen-bond acceptors (Lipinski definition) is 3. The molecule has 0 spiro atoms. The molecule has 0 aliphatic rings. The normalized spacial score (nSPS) is 13.4. The van der Waals surface area contributed by atoms with E-state index in [1.165, 1.54) is 0 Å². The lowest BCUT2D eigenvalue weighted by Gasteiger charge is -2.26. The van der Waals surface area contributed by atoms with Crippen molar-refractivity contribution < 1.29 is 14.3 Å². The summed E-state index contributed by atoms with van der Waals surface area (Å²) in [5.41, 5.74) is 0.706. The molecule has 0 fully saturated rings. The average Bonchev–Trinajstić information content (AvgIpc) is 2.52. The first kappa shape index (κ1) is 14.8. The van der Waals surface area contributed by atoms with Crippen LogP contribution in [0.15, 0.2) is 10.5 Å². The summed E-state index contributed by atoms with van der Waals surface area (Å²) in [6.07, 6.45) is 0.271. The van der Waals surface area contributed by atoms with E-state index in [-0.39, 0.29) is 17.4 Å². The highest BCUT2D eigenvalue weighted by atomic mass is 16.3. The fourth-order valence-electron chi connectivity index (χ4n) is 2.14. The highest BCUT2D eigenvalue weighted by Crippen LogP contribution is 2.21. The Bertz CT molecular complexity index is 419. The van der Waals surface area contributed by atoms with Crippen molar-refractivity contribution >= 4 is 5.91 Å². The quantitative estimate of drug-likeness (QED) is 0.847. The minimum atomic E-state index is -0.371. The van der Waals surface area contributed by atoms with Gasteiger partial charge in [0.25, 0.3) is 5.91 Å². The lowest BCUT2D eigenvalue weighted by atomic mass is 9.87. The van der Waals surface area contributed by atoms with Crippen LogP contribution in [0.3, 0.4) is 0 Å². The first-order valence-electron chi connectivity index (χ1n) is 6.24. The van der Waals surface area contributed by atoms with Gasteiger partial charge in [-0.3, -0.25) is 4.79 Å². The zero-order valence-corrected chi connectivity index (χ0v) is 11.8. The van der Waals surface area contributed by atoms with Crippen LogP contribution in [0.25, 0.3) is 0 Å². The van der Waals surface area contributed by atoms with Crippen LogP contribution in [0.4, 0.5) is 0 Å². The standard InChI is InChI=1S/C14H23NO3/c1-9-6-11(3)18-12(9)13(17)15-8-14(4,5)7-10(2)16/h6,10,16H,7-8H2,1-5H3,(H,15,17). The summed E-state index contributed by atoms with van der Waals surface area (Å²) in [6, 6.07) is 1.84. The summed E-state index contributed by atoms with van der Waals surface area (Å²) in [5, 5.41) is 12.2. The Kier molecular flexibility index (Phi) is 4.57.